The summed E-state index contributed by atoms with van der Waals surface area (Å²) in [6.07, 6.45) is 0.620. The number of methoxy groups -OCH3 is 1. The van der Waals surface area contributed by atoms with E-state index in [2.05, 4.69) is 5.32 Å². The molecule has 10 heteroatoms. The Labute approximate surface area is 150 Å². The van der Waals surface area contributed by atoms with Crippen LogP contribution in [0.15, 0.2) is 18.2 Å². The molecule has 0 unspecified atom stereocenters. The largest absolute Gasteiger partial charge is 0.482 e. The molecule has 0 saturated carbocycles. The topological polar surface area (TPSA) is 120 Å². The van der Waals surface area contributed by atoms with Gasteiger partial charge in [0.05, 0.1) is 23.8 Å². The van der Waals surface area contributed by atoms with Gasteiger partial charge in [0.25, 0.3) is 11.6 Å². The molecular weight excluding hydrogens is 346 g/mol. The van der Waals surface area contributed by atoms with E-state index in [1.807, 2.05) is 0 Å². The number of hydrogen-bond acceptors (Lipinski definition) is 7. The van der Waals surface area contributed by atoms with Gasteiger partial charge in [0, 0.05) is 32.4 Å². The standard InChI is InChI=1S/C16H21N3O7/c1-24-7-8-25-6-2-5-17-15(20)10-18-13-9-12(19(22)23)3-4-14(13)26-11-16(18)21/h3-4,9H,2,5-8,10-11H2,1H3,(H,17,20). The maximum atomic E-state index is 12.1. The Hall–Kier alpha value is -2.72. The lowest BCUT2D eigenvalue weighted by molar-refractivity contribution is -0.384. The Morgan fingerprint density at radius 3 is 2.92 bits per heavy atom. The Kier molecular flexibility index (Phi) is 7.30. The number of non-ortho nitro benzene ring substituents is 1. The Morgan fingerprint density at radius 1 is 1.38 bits per heavy atom. The van der Waals surface area contributed by atoms with E-state index in [-0.39, 0.29) is 30.4 Å². The van der Waals surface area contributed by atoms with Gasteiger partial charge in [-0.2, -0.15) is 0 Å². The quantitative estimate of drug-likeness (QED) is 0.363. The van der Waals surface area contributed by atoms with Gasteiger partial charge in [-0.15, -0.1) is 0 Å². The molecule has 1 N–H and O–H groups in total. The Balaban J connectivity index is 1.88. The molecule has 1 aliphatic heterocycles. The summed E-state index contributed by atoms with van der Waals surface area (Å²) in [7, 11) is 1.59. The van der Waals surface area contributed by atoms with Crippen molar-refractivity contribution >= 4 is 23.2 Å². The number of hydrogen-bond donors (Lipinski definition) is 1. The summed E-state index contributed by atoms with van der Waals surface area (Å²) < 4.78 is 15.4. The van der Waals surface area contributed by atoms with Crippen molar-refractivity contribution in [2.45, 2.75) is 6.42 Å². The first-order chi connectivity index (χ1) is 12.5. The third-order valence-corrected chi connectivity index (χ3v) is 3.62. The lowest BCUT2D eigenvalue weighted by Crippen LogP contribution is -2.45. The van der Waals surface area contributed by atoms with Crippen LogP contribution in [0.25, 0.3) is 0 Å². The number of amides is 2. The molecule has 0 aromatic heterocycles. The van der Waals surface area contributed by atoms with E-state index < -0.39 is 10.8 Å². The van der Waals surface area contributed by atoms with Crippen LogP contribution in [0.1, 0.15) is 6.42 Å². The second-order valence-corrected chi connectivity index (χ2v) is 5.49. The fourth-order valence-electron chi connectivity index (χ4n) is 2.32. The predicted molar refractivity (Wildman–Crippen MR) is 91.3 cm³/mol. The van der Waals surface area contributed by atoms with Crippen molar-refractivity contribution in [1.29, 1.82) is 0 Å². The molecule has 2 rings (SSSR count). The summed E-state index contributed by atoms with van der Waals surface area (Å²) in [5.41, 5.74) is 0.0363. The van der Waals surface area contributed by atoms with Gasteiger partial charge in [-0.25, -0.2) is 0 Å². The van der Waals surface area contributed by atoms with Crippen LogP contribution < -0.4 is 15.0 Å². The number of nitro benzene ring substituents is 1. The van der Waals surface area contributed by atoms with Gasteiger partial charge in [-0.3, -0.25) is 24.6 Å². The van der Waals surface area contributed by atoms with Crippen LogP contribution in [0, 0.1) is 10.1 Å². The van der Waals surface area contributed by atoms with E-state index in [9.17, 15) is 19.7 Å². The zero-order valence-corrected chi connectivity index (χ0v) is 14.4. The number of carbonyl (C=O) groups excluding carboxylic acids is 2. The number of nitro groups is 1. The number of anilines is 1. The molecule has 0 atom stereocenters. The molecule has 0 aliphatic carbocycles. The molecule has 0 saturated heterocycles. The van der Waals surface area contributed by atoms with Gasteiger partial charge in [0.1, 0.15) is 12.3 Å². The van der Waals surface area contributed by atoms with E-state index in [4.69, 9.17) is 14.2 Å². The van der Waals surface area contributed by atoms with Crippen molar-refractivity contribution in [2.24, 2.45) is 0 Å². The molecule has 0 bridgehead atoms. The molecule has 10 nitrogen and oxygen atoms in total. The number of rotatable bonds is 10. The van der Waals surface area contributed by atoms with Gasteiger partial charge in [0.2, 0.25) is 5.91 Å². The molecule has 0 radical (unpaired) electrons. The number of fused-ring (bicyclic) bond motifs is 1. The molecular formula is C16H21N3O7. The summed E-state index contributed by atoms with van der Waals surface area (Å²) in [5, 5.41) is 13.6. The zero-order valence-electron chi connectivity index (χ0n) is 14.4. The predicted octanol–water partition coefficient (Wildman–Crippen LogP) is 0.490. The van der Waals surface area contributed by atoms with Gasteiger partial charge in [0.15, 0.2) is 6.61 Å². The minimum absolute atomic E-state index is 0.180. The molecule has 142 valence electrons. The van der Waals surface area contributed by atoms with Crippen molar-refractivity contribution in [2.75, 3.05) is 51.5 Å². The SMILES string of the molecule is COCCOCCCNC(=O)CN1C(=O)COc2ccc([N+](=O)[O-])cc21. The fourth-order valence-corrected chi connectivity index (χ4v) is 2.32. The van der Waals surface area contributed by atoms with Crippen LogP contribution in [-0.2, 0) is 19.1 Å². The summed E-state index contributed by atoms with van der Waals surface area (Å²) in [6, 6.07) is 3.93. The smallest absolute Gasteiger partial charge is 0.271 e. The van der Waals surface area contributed by atoms with E-state index in [1.54, 1.807) is 7.11 Å². The summed E-state index contributed by atoms with van der Waals surface area (Å²) >= 11 is 0. The summed E-state index contributed by atoms with van der Waals surface area (Å²) in [6.45, 7) is 1.42. The van der Waals surface area contributed by atoms with Gasteiger partial charge in [-0.1, -0.05) is 0 Å². The third-order valence-electron chi connectivity index (χ3n) is 3.62. The molecule has 1 aliphatic rings. The first kappa shape index (κ1) is 19.6. The highest BCUT2D eigenvalue weighted by molar-refractivity contribution is 6.02. The van der Waals surface area contributed by atoms with Crippen molar-refractivity contribution in [3.63, 3.8) is 0 Å². The van der Waals surface area contributed by atoms with Crippen LogP contribution in [-0.4, -0.2) is 63.4 Å². The molecule has 0 fully saturated rings. The van der Waals surface area contributed by atoms with Crippen LogP contribution in [0.4, 0.5) is 11.4 Å². The highest BCUT2D eigenvalue weighted by atomic mass is 16.6. The highest BCUT2D eigenvalue weighted by Gasteiger charge is 2.29. The Morgan fingerprint density at radius 2 is 2.19 bits per heavy atom. The minimum atomic E-state index is -0.568. The zero-order chi connectivity index (χ0) is 18.9. The second kappa shape index (κ2) is 9.68. The van der Waals surface area contributed by atoms with E-state index >= 15 is 0 Å². The first-order valence-corrected chi connectivity index (χ1v) is 8.08. The second-order valence-electron chi connectivity index (χ2n) is 5.49. The first-order valence-electron chi connectivity index (χ1n) is 8.08. The van der Waals surface area contributed by atoms with Gasteiger partial charge < -0.3 is 19.5 Å². The lowest BCUT2D eigenvalue weighted by Gasteiger charge is -2.28. The van der Waals surface area contributed by atoms with E-state index in [0.717, 1.165) is 0 Å². The number of nitrogens with zero attached hydrogens (tertiary/aromatic N) is 2. The number of nitrogens with one attached hydrogen (secondary N) is 1. The van der Waals surface area contributed by atoms with Gasteiger partial charge >= 0.3 is 0 Å². The molecule has 26 heavy (non-hydrogen) atoms. The lowest BCUT2D eigenvalue weighted by atomic mass is 10.2. The van der Waals surface area contributed by atoms with Crippen molar-refractivity contribution in [3.8, 4) is 5.75 Å². The number of carbonyl (C=O) groups is 2. The third kappa shape index (κ3) is 5.39. The van der Waals surface area contributed by atoms with Crippen molar-refractivity contribution in [3.05, 3.63) is 28.3 Å². The maximum absolute atomic E-state index is 12.1. The minimum Gasteiger partial charge on any atom is -0.482 e. The van der Waals surface area contributed by atoms with Crippen molar-refractivity contribution < 1.29 is 28.7 Å². The van der Waals surface area contributed by atoms with Crippen molar-refractivity contribution in [1.82, 2.24) is 5.32 Å². The van der Waals surface area contributed by atoms with Gasteiger partial charge in [-0.05, 0) is 12.5 Å². The number of ether oxygens (including phenoxy) is 3. The highest BCUT2D eigenvalue weighted by Crippen LogP contribution is 2.34. The average molecular weight is 367 g/mol. The normalized spacial score (nSPS) is 13.1. The van der Waals surface area contributed by atoms with Crippen LogP contribution in [0.2, 0.25) is 0 Å². The fraction of sp³-hybridized carbons (Fsp3) is 0.500. The average Bonchev–Trinajstić information content (AvgIpc) is 2.63. The molecule has 1 aromatic carbocycles. The van der Waals surface area contributed by atoms with E-state index in [1.165, 1.54) is 23.1 Å². The Bertz CT molecular complexity index is 665. The summed E-state index contributed by atoms with van der Waals surface area (Å²) in [5.74, 6) is -0.472. The maximum Gasteiger partial charge on any atom is 0.271 e. The molecule has 2 amide bonds. The van der Waals surface area contributed by atoms with E-state index in [0.29, 0.717) is 38.5 Å². The molecule has 1 heterocycles. The summed E-state index contributed by atoms with van der Waals surface area (Å²) in [4.78, 5) is 35.7. The monoisotopic (exact) mass is 367 g/mol. The molecule has 1 aromatic rings. The van der Waals surface area contributed by atoms with Crippen LogP contribution in [0.3, 0.4) is 0 Å². The number of benzene rings is 1. The van der Waals surface area contributed by atoms with Crippen LogP contribution >= 0.6 is 0 Å². The van der Waals surface area contributed by atoms with Crippen LogP contribution in [0.5, 0.6) is 5.75 Å². The molecule has 0 spiro atoms.